The molecule has 5 rings (SSSR count). The number of hydrogen-bond acceptors (Lipinski definition) is 8. The van der Waals surface area contributed by atoms with Gasteiger partial charge in [-0.1, -0.05) is 23.0 Å². The predicted molar refractivity (Wildman–Crippen MR) is 150 cm³/mol. The van der Waals surface area contributed by atoms with E-state index in [4.69, 9.17) is 4.74 Å². The van der Waals surface area contributed by atoms with Crippen LogP contribution in [-0.2, 0) is 20.8 Å². The van der Waals surface area contributed by atoms with Crippen LogP contribution in [-0.4, -0.2) is 59.5 Å². The highest BCUT2D eigenvalue weighted by atomic mass is 32.2. The molecule has 1 aromatic carbocycles. The average molecular weight is 624 g/mol. The number of benzene rings is 1. The topological polar surface area (TPSA) is 123 Å². The second-order valence-corrected chi connectivity index (χ2v) is 14.9. The van der Waals surface area contributed by atoms with Gasteiger partial charge in [-0.2, -0.15) is 13.2 Å². The highest BCUT2D eigenvalue weighted by Gasteiger charge is 2.53. The molecule has 4 heterocycles. The predicted octanol–water partition coefficient (Wildman–Crippen LogP) is 6.01. The van der Waals surface area contributed by atoms with Crippen LogP contribution in [0.15, 0.2) is 35.2 Å². The SMILES string of the molecule is Cc1ccc2c(c1)C(=O)CC1(CCN(C(=O)c3c(NC(=O)OC(C)(C)C)sc4nc(C(F)(F)F)ccc34)CC1)S2(=O)=O. The summed E-state index contributed by atoms with van der Waals surface area (Å²) in [6.07, 6.45) is -5.84. The van der Waals surface area contributed by atoms with E-state index in [1.54, 1.807) is 39.8 Å². The van der Waals surface area contributed by atoms with Crippen molar-refractivity contribution in [2.45, 2.75) is 68.4 Å². The molecular formula is C28H28F3N3O6S2. The van der Waals surface area contributed by atoms with E-state index in [1.807, 2.05) is 0 Å². The maximum Gasteiger partial charge on any atom is 0.433 e. The van der Waals surface area contributed by atoms with Crippen molar-refractivity contribution in [3.05, 3.63) is 52.7 Å². The van der Waals surface area contributed by atoms with Crippen LogP contribution in [0.2, 0.25) is 0 Å². The first-order chi connectivity index (χ1) is 19.4. The fourth-order valence-corrected chi connectivity index (χ4v) is 8.63. The second-order valence-electron chi connectivity index (χ2n) is 11.6. The molecule has 0 unspecified atom stereocenters. The number of alkyl halides is 3. The lowest BCUT2D eigenvalue weighted by Gasteiger charge is -2.43. The third kappa shape index (κ3) is 5.26. The number of carbonyl (C=O) groups is 3. The maximum absolute atomic E-state index is 13.9. The zero-order valence-corrected chi connectivity index (χ0v) is 24.8. The Morgan fingerprint density at radius 3 is 2.38 bits per heavy atom. The molecule has 1 N–H and O–H groups in total. The fourth-order valence-electron chi connectivity index (χ4n) is 5.37. The minimum absolute atomic E-state index is 0.00645. The average Bonchev–Trinajstić information content (AvgIpc) is 3.22. The number of sulfone groups is 1. The Morgan fingerprint density at radius 2 is 1.76 bits per heavy atom. The van der Waals surface area contributed by atoms with Gasteiger partial charge in [-0.25, -0.2) is 18.2 Å². The number of piperidine rings is 1. The molecule has 224 valence electrons. The van der Waals surface area contributed by atoms with Gasteiger partial charge in [-0.05, 0) is 64.8 Å². The Hall–Kier alpha value is -3.52. The summed E-state index contributed by atoms with van der Waals surface area (Å²) in [6.45, 7) is 6.62. The largest absolute Gasteiger partial charge is 0.444 e. The van der Waals surface area contributed by atoms with E-state index in [1.165, 1.54) is 11.0 Å². The number of nitrogens with zero attached hydrogens (tertiary/aromatic N) is 2. The summed E-state index contributed by atoms with van der Waals surface area (Å²) in [5, 5.41) is 2.54. The van der Waals surface area contributed by atoms with Gasteiger partial charge in [0.15, 0.2) is 15.6 Å². The first kappa shape index (κ1) is 30.0. The number of rotatable bonds is 2. The van der Waals surface area contributed by atoms with E-state index in [0.717, 1.165) is 17.7 Å². The standard InChI is InChI=1S/C28H28F3N3O6S2/c1-15-5-7-19-17(13-15)18(35)14-27(42(19,38)39)9-11-34(12-10-27)24(36)21-16-6-8-20(28(29,30)31)32-22(16)41-23(21)33-25(37)40-26(2,3)4/h5-8,13H,9-12,14H2,1-4H3,(H,33,37). The number of carbonyl (C=O) groups excluding carboxylic acids is 3. The lowest BCUT2D eigenvalue weighted by atomic mass is 9.87. The number of Topliss-reactive ketones (excluding diaryl/α,β-unsaturated/α-hetero) is 1. The molecule has 1 fully saturated rings. The quantitative estimate of drug-likeness (QED) is 0.371. The molecule has 2 amide bonds. The minimum atomic E-state index is -4.72. The second kappa shape index (κ2) is 10.0. The van der Waals surface area contributed by atoms with Crippen molar-refractivity contribution in [1.82, 2.24) is 9.88 Å². The molecule has 9 nitrogen and oxygen atoms in total. The number of aromatic nitrogens is 1. The summed E-state index contributed by atoms with van der Waals surface area (Å²) in [5.74, 6) is -0.887. The van der Waals surface area contributed by atoms with Crippen LogP contribution in [0.4, 0.5) is 23.0 Å². The highest BCUT2D eigenvalue weighted by Crippen LogP contribution is 2.45. The van der Waals surface area contributed by atoms with Gasteiger partial charge in [0.2, 0.25) is 0 Å². The van der Waals surface area contributed by atoms with E-state index in [-0.39, 0.29) is 69.4 Å². The first-order valence-corrected chi connectivity index (χ1v) is 15.4. The van der Waals surface area contributed by atoms with Gasteiger partial charge in [0.05, 0.1) is 15.2 Å². The van der Waals surface area contributed by atoms with Crippen LogP contribution in [0.5, 0.6) is 0 Å². The summed E-state index contributed by atoms with van der Waals surface area (Å²) in [4.78, 5) is 44.4. The number of ketones is 1. The van der Waals surface area contributed by atoms with Crippen LogP contribution in [0.3, 0.4) is 0 Å². The summed E-state index contributed by atoms with van der Waals surface area (Å²) >= 11 is 0.705. The molecule has 42 heavy (non-hydrogen) atoms. The van der Waals surface area contributed by atoms with E-state index in [2.05, 4.69) is 10.3 Å². The third-order valence-electron chi connectivity index (χ3n) is 7.41. The molecular weight excluding hydrogens is 595 g/mol. The summed E-state index contributed by atoms with van der Waals surface area (Å²) in [5.41, 5.74) is -1.16. The van der Waals surface area contributed by atoms with Crippen LogP contribution < -0.4 is 5.32 Å². The van der Waals surface area contributed by atoms with E-state index in [0.29, 0.717) is 11.3 Å². The van der Waals surface area contributed by atoms with Gasteiger partial charge >= 0.3 is 12.3 Å². The Bertz CT molecular complexity index is 1730. The number of amides is 2. The summed E-state index contributed by atoms with van der Waals surface area (Å²) < 4.78 is 71.4. The lowest BCUT2D eigenvalue weighted by molar-refractivity contribution is -0.140. The van der Waals surface area contributed by atoms with Crippen molar-refractivity contribution in [2.75, 3.05) is 18.4 Å². The molecule has 2 aliphatic heterocycles. The summed E-state index contributed by atoms with van der Waals surface area (Å²) in [7, 11) is -3.90. The lowest BCUT2D eigenvalue weighted by Crippen LogP contribution is -2.53. The Labute approximate surface area is 244 Å². The first-order valence-electron chi connectivity index (χ1n) is 13.1. The highest BCUT2D eigenvalue weighted by molar-refractivity contribution is 7.93. The zero-order chi connectivity index (χ0) is 30.8. The van der Waals surface area contributed by atoms with Crippen molar-refractivity contribution in [3.63, 3.8) is 0 Å². The van der Waals surface area contributed by atoms with Gasteiger partial charge < -0.3 is 9.64 Å². The van der Waals surface area contributed by atoms with Gasteiger partial charge in [-0.3, -0.25) is 14.9 Å². The van der Waals surface area contributed by atoms with Crippen molar-refractivity contribution in [2.24, 2.45) is 0 Å². The Morgan fingerprint density at radius 1 is 1.10 bits per heavy atom. The van der Waals surface area contributed by atoms with Crippen molar-refractivity contribution in [3.8, 4) is 0 Å². The van der Waals surface area contributed by atoms with Crippen LogP contribution in [0, 0.1) is 6.92 Å². The van der Waals surface area contributed by atoms with E-state index in [9.17, 15) is 36.0 Å². The van der Waals surface area contributed by atoms with Gasteiger partial charge in [-0.15, -0.1) is 0 Å². The fraction of sp³-hybridized carbons (Fsp3) is 0.429. The number of ether oxygens (including phenoxy) is 1. The molecule has 3 aromatic rings. The molecule has 0 saturated carbocycles. The van der Waals surface area contributed by atoms with Crippen LogP contribution in [0.25, 0.3) is 10.2 Å². The number of anilines is 1. The number of fused-ring (bicyclic) bond motifs is 2. The number of pyridine rings is 1. The third-order valence-corrected chi connectivity index (χ3v) is 11.1. The zero-order valence-electron chi connectivity index (χ0n) is 23.2. The number of hydrogen-bond donors (Lipinski definition) is 1. The molecule has 0 bridgehead atoms. The molecule has 0 atom stereocenters. The molecule has 2 aromatic heterocycles. The number of nitrogens with one attached hydrogen (secondary N) is 1. The van der Waals surface area contributed by atoms with Gasteiger partial charge in [0.25, 0.3) is 5.91 Å². The van der Waals surface area contributed by atoms with Crippen molar-refractivity contribution >= 4 is 54.2 Å². The number of aryl methyl sites for hydroxylation is 1. The normalized spacial score (nSPS) is 18.2. The van der Waals surface area contributed by atoms with Gasteiger partial charge in [0, 0.05) is 30.5 Å². The monoisotopic (exact) mass is 623 g/mol. The van der Waals surface area contributed by atoms with Crippen LogP contribution >= 0.6 is 11.3 Å². The smallest absolute Gasteiger partial charge is 0.433 e. The van der Waals surface area contributed by atoms with Crippen molar-refractivity contribution in [1.29, 1.82) is 0 Å². The number of halogens is 3. The number of likely N-dealkylation sites (tertiary alicyclic amines) is 1. The summed E-state index contributed by atoms with van der Waals surface area (Å²) in [6, 6.07) is 6.54. The number of thiophene rings is 1. The van der Waals surface area contributed by atoms with E-state index >= 15 is 0 Å². The van der Waals surface area contributed by atoms with E-state index < -0.39 is 44.1 Å². The van der Waals surface area contributed by atoms with Gasteiger partial charge in [0.1, 0.15) is 21.1 Å². The Balaban J connectivity index is 1.47. The molecule has 1 spiro atoms. The maximum atomic E-state index is 13.9. The van der Waals surface area contributed by atoms with Crippen molar-refractivity contribution < 1.29 is 40.7 Å². The molecule has 0 radical (unpaired) electrons. The van der Waals surface area contributed by atoms with Crippen LogP contribution in [0.1, 0.15) is 72.0 Å². The molecule has 1 saturated heterocycles. The molecule has 14 heteroatoms. The minimum Gasteiger partial charge on any atom is -0.444 e. The Kier molecular flexibility index (Phi) is 7.16. The molecule has 0 aliphatic carbocycles. The molecule has 2 aliphatic rings.